The third kappa shape index (κ3) is 3.58. The molecule has 1 aliphatic carbocycles. The lowest BCUT2D eigenvalue weighted by molar-refractivity contribution is 0.585. The highest BCUT2D eigenvalue weighted by molar-refractivity contribution is 5.53. The van der Waals surface area contributed by atoms with Gasteiger partial charge in [0.1, 0.15) is 5.82 Å². The molecule has 1 aromatic heterocycles. The number of nitrogens with one attached hydrogen (secondary N) is 1. The quantitative estimate of drug-likeness (QED) is 0.884. The third-order valence-electron chi connectivity index (χ3n) is 3.78. The minimum atomic E-state index is -0.145. The summed E-state index contributed by atoms with van der Waals surface area (Å²) in [5, 5.41) is 3.39. The molecule has 0 amide bonds. The van der Waals surface area contributed by atoms with E-state index in [0.717, 1.165) is 16.9 Å². The van der Waals surface area contributed by atoms with Gasteiger partial charge in [-0.3, -0.25) is 4.98 Å². The van der Waals surface area contributed by atoms with Crippen LogP contribution in [-0.4, -0.2) is 18.1 Å². The van der Waals surface area contributed by atoms with Gasteiger partial charge in [0.05, 0.1) is 12.2 Å². The lowest BCUT2D eigenvalue weighted by Gasteiger charge is -2.23. The molecule has 0 saturated heterocycles. The zero-order chi connectivity index (χ0) is 14.7. The second kappa shape index (κ2) is 6.22. The Labute approximate surface area is 124 Å². The van der Waals surface area contributed by atoms with Crippen molar-refractivity contribution in [3.63, 3.8) is 0 Å². The molecule has 4 heteroatoms. The zero-order valence-corrected chi connectivity index (χ0v) is 12.2. The fraction of sp³-hybridized carbons (Fsp3) is 0.353. The molecule has 2 aromatic rings. The zero-order valence-electron chi connectivity index (χ0n) is 12.2. The van der Waals surface area contributed by atoms with Crippen LogP contribution in [0.4, 0.5) is 10.1 Å². The lowest BCUT2D eigenvalue weighted by atomic mass is 10.1. The maximum Gasteiger partial charge on any atom is 0.129 e. The van der Waals surface area contributed by atoms with Crippen molar-refractivity contribution >= 4 is 5.69 Å². The van der Waals surface area contributed by atoms with Crippen molar-refractivity contribution in [1.29, 1.82) is 0 Å². The van der Waals surface area contributed by atoms with Gasteiger partial charge in [-0.25, -0.2) is 4.39 Å². The van der Waals surface area contributed by atoms with E-state index in [1.165, 1.54) is 18.9 Å². The number of hydrogen-bond donors (Lipinski definition) is 1. The van der Waals surface area contributed by atoms with Crippen LogP contribution in [-0.2, 0) is 13.1 Å². The number of aromatic nitrogens is 1. The Morgan fingerprint density at radius 3 is 2.81 bits per heavy atom. The van der Waals surface area contributed by atoms with Crippen molar-refractivity contribution in [2.45, 2.75) is 32.0 Å². The van der Waals surface area contributed by atoms with E-state index in [-0.39, 0.29) is 5.82 Å². The number of halogens is 1. The van der Waals surface area contributed by atoms with Crippen LogP contribution in [0, 0.1) is 5.82 Å². The summed E-state index contributed by atoms with van der Waals surface area (Å²) in [6, 6.07) is 11.7. The number of rotatable bonds is 6. The van der Waals surface area contributed by atoms with Gasteiger partial charge in [0.25, 0.3) is 0 Å². The molecule has 0 bridgehead atoms. The Kier molecular flexibility index (Phi) is 4.15. The van der Waals surface area contributed by atoms with Crippen LogP contribution in [0.25, 0.3) is 0 Å². The second-order valence-corrected chi connectivity index (χ2v) is 5.57. The maximum atomic E-state index is 14.1. The Bertz CT molecular complexity index is 596. The Hall–Kier alpha value is -1.94. The fourth-order valence-electron chi connectivity index (χ4n) is 2.43. The molecule has 1 N–H and O–H groups in total. The van der Waals surface area contributed by atoms with Crippen molar-refractivity contribution in [2.24, 2.45) is 0 Å². The molecular weight excluding hydrogens is 265 g/mol. The predicted octanol–water partition coefficient (Wildman–Crippen LogP) is 3.11. The SMILES string of the molecule is CN(Cc1ccccn1)c1cccc(F)c1CNC1CC1. The minimum Gasteiger partial charge on any atom is -0.368 e. The van der Waals surface area contributed by atoms with Crippen LogP contribution in [0.15, 0.2) is 42.6 Å². The van der Waals surface area contributed by atoms with Crippen LogP contribution >= 0.6 is 0 Å². The standard InChI is InChI=1S/C17H20FN3/c1-21(12-14-5-2-3-10-19-14)17-7-4-6-16(18)15(17)11-20-13-8-9-13/h2-7,10,13,20H,8-9,11-12H2,1H3. The summed E-state index contributed by atoms with van der Waals surface area (Å²) in [6.45, 7) is 1.25. The van der Waals surface area contributed by atoms with Gasteiger partial charge in [0.2, 0.25) is 0 Å². The highest BCUT2D eigenvalue weighted by Crippen LogP contribution is 2.25. The molecular formula is C17H20FN3. The van der Waals surface area contributed by atoms with Crippen molar-refractivity contribution in [1.82, 2.24) is 10.3 Å². The van der Waals surface area contributed by atoms with Gasteiger partial charge < -0.3 is 10.2 Å². The van der Waals surface area contributed by atoms with Crippen molar-refractivity contribution in [3.8, 4) is 0 Å². The van der Waals surface area contributed by atoms with Crippen LogP contribution in [0.5, 0.6) is 0 Å². The molecule has 1 heterocycles. The molecule has 3 nitrogen and oxygen atoms in total. The van der Waals surface area contributed by atoms with Crippen LogP contribution in [0.2, 0.25) is 0 Å². The number of hydrogen-bond acceptors (Lipinski definition) is 3. The van der Waals surface area contributed by atoms with Gasteiger partial charge in [0, 0.05) is 37.1 Å². The average molecular weight is 285 g/mol. The van der Waals surface area contributed by atoms with E-state index in [9.17, 15) is 4.39 Å². The highest BCUT2D eigenvalue weighted by Gasteiger charge is 2.22. The van der Waals surface area contributed by atoms with Crippen molar-refractivity contribution < 1.29 is 4.39 Å². The summed E-state index contributed by atoms with van der Waals surface area (Å²) in [5.74, 6) is -0.145. The molecule has 1 saturated carbocycles. The minimum absolute atomic E-state index is 0.145. The highest BCUT2D eigenvalue weighted by atomic mass is 19.1. The first-order chi connectivity index (χ1) is 10.2. The van der Waals surface area contributed by atoms with E-state index in [0.29, 0.717) is 19.1 Å². The van der Waals surface area contributed by atoms with Gasteiger partial charge in [0.15, 0.2) is 0 Å². The summed E-state index contributed by atoms with van der Waals surface area (Å²) in [7, 11) is 1.98. The molecule has 21 heavy (non-hydrogen) atoms. The maximum absolute atomic E-state index is 14.1. The molecule has 0 atom stereocenters. The smallest absolute Gasteiger partial charge is 0.129 e. The van der Waals surface area contributed by atoms with Crippen molar-refractivity contribution in [2.75, 3.05) is 11.9 Å². The van der Waals surface area contributed by atoms with Gasteiger partial charge >= 0.3 is 0 Å². The van der Waals surface area contributed by atoms with E-state index < -0.39 is 0 Å². The largest absolute Gasteiger partial charge is 0.368 e. The van der Waals surface area contributed by atoms with Gasteiger partial charge in [-0.1, -0.05) is 12.1 Å². The Balaban J connectivity index is 1.77. The van der Waals surface area contributed by atoms with E-state index >= 15 is 0 Å². The molecule has 1 aliphatic rings. The Morgan fingerprint density at radius 1 is 1.24 bits per heavy atom. The average Bonchev–Trinajstić information content (AvgIpc) is 3.31. The predicted molar refractivity (Wildman–Crippen MR) is 82.6 cm³/mol. The topological polar surface area (TPSA) is 28.2 Å². The van der Waals surface area contributed by atoms with Crippen molar-refractivity contribution in [3.05, 3.63) is 59.7 Å². The van der Waals surface area contributed by atoms with E-state index in [1.807, 2.05) is 31.3 Å². The molecule has 1 aromatic carbocycles. The number of benzene rings is 1. The second-order valence-electron chi connectivity index (χ2n) is 5.57. The lowest BCUT2D eigenvalue weighted by Crippen LogP contribution is -2.23. The van der Waals surface area contributed by atoms with Crippen LogP contribution < -0.4 is 10.2 Å². The van der Waals surface area contributed by atoms with E-state index in [1.54, 1.807) is 12.3 Å². The molecule has 110 valence electrons. The number of nitrogens with zero attached hydrogens (tertiary/aromatic N) is 2. The summed E-state index contributed by atoms with van der Waals surface area (Å²) < 4.78 is 14.1. The third-order valence-corrected chi connectivity index (χ3v) is 3.78. The number of pyridine rings is 1. The monoisotopic (exact) mass is 285 g/mol. The first-order valence-corrected chi connectivity index (χ1v) is 7.36. The molecule has 0 radical (unpaired) electrons. The summed E-state index contributed by atoms with van der Waals surface area (Å²) in [4.78, 5) is 6.38. The fourth-order valence-corrected chi connectivity index (χ4v) is 2.43. The van der Waals surface area contributed by atoms with Crippen LogP contribution in [0.3, 0.4) is 0 Å². The normalized spacial score (nSPS) is 14.2. The summed E-state index contributed by atoms with van der Waals surface area (Å²) in [6.07, 6.45) is 4.19. The number of anilines is 1. The van der Waals surface area contributed by atoms with Gasteiger partial charge in [-0.05, 0) is 37.1 Å². The van der Waals surface area contributed by atoms with Crippen LogP contribution in [0.1, 0.15) is 24.1 Å². The molecule has 0 unspecified atom stereocenters. The first kappa shape index (κ1) is 14.0. The Morgan fingerprint density at radius 2 is 2.10 bits per heavy atom. The van der Waals surface area contributed by atoms with Gasteiger partial charge in [-0.15, -0.1) is 0 Å². The van der Waals surface area contributed by atoms with Gasteiger partial charge in [-0.2, -0.15) is 0 Å². The summed E-state index contributed by atoms with van der Waals surface area (Å²) in [5.41, 5.74) is 2.64. The first-order valence-electron chi connectivity index (χ1n) is 7.36. The van der Waals surface area contributed by atoms with E-state index in [4.69, 9.17) is 0 Å². The molecule has 1 fully saturated rings. The summed E-state index contributed by atoms with van der Waals surface area (Å²) >= 11 is 0. The molecule has 0 aliphatic heterocycles. The molecule has 3 rings (SSSR count). The molecule has 0 spiro atoms. The van der Waals surface area contributed by atoms with E-state index in [2.05, 4.69) is 15.2 Å².